The number of fused-ring (bicyclic) bond motifs is 1. The van der Waals surface area contributed by atoms with Crippen LogP contribution in [0.15, 0.2) is 29.4 Å². The van der Waals surface area contributed by atoms with E-state index in [4.69, 9.17) is 4.99 Å². The van der Waals surface area contributed by atoms with Gasteiger partial charge in [-0.15, -0.1) is 24.0 Å². The average Bonchev–Trinajstić information content (AvgIpc) is 3.17. The van der Waals surface area contributed by atoms with E-state index in [2.05, 4.69) is 58.8 Å². The number of aliphatic imine (C=N–C) groups is 1. The van der Waals surface area contributed by atoms with Gasteiger partial charge >= 0.3 is 0 Å². The number of rotatable bonds is 7. The minimum atomic E-state index is 0. The average molecular weight is 525 g/mol. The summed E-state index contributed by atoms with van der Waals surface area (Å²) in [5.41, 5.74) is 3.96. The van der Waals surface area contributed by atoms with Crippen molar-refractivity contribution in [2.75, 3.05) is 33.2 Å². The van der Waals surface area contributed by atoms with Crippen molar-refractivity contribution in [2.24, 2.45) is 10.9 Å². The van der Waals surface area contributed by atoms with Crippen LogP contribution in [0.5, 0.6) is 0 Å². The monoisotopic (exact) mass is 525 g/mol. The largest absolute Gasteiger partial charge is 0.361 e. The highest BCUT2D eigenvalue weighted by Gasteiger charge is 2.23. The number of aryl methyl sites for hydroxylation is 1. The molecule has 1 aliphatic rings. The van der Waals surface area contributed by atoms with Gasteiger partial charge in [0.05, 0.1) is 0 Å². The fourth-order valence-corrected chi connectivity index (χ4v) is 4.20. The second-order valence-corrected chi connectivity index (χ2v) is 7.80. The van der Waals surface area contributed by atoms with Gasteiger partial charge in [0.25, 0.3) is 0 Å². The lowest BCUT2D eigenvalue weighted by Gasteiger charge is -2.34. The van der Waals surface area contributed by atoms with Gasteiger partial charge in [0.2, 0.25) is 5.91 Å². The Labute approximate surface area is 197 Å². The molecule has 0 saturated carbocycles. The van der Waals surface area contributed by atoms with Crippen molar-refractivity contribution in [2.45, 2.75) is 46.0 Å². The zero-order chi connectivity index (χ0) is 20.6. The van der Waals surface area contributed by atoms with E-state index < -0.39 is 0 Å². The van der Waals surface area contributed by atoms with E-state index in [1.165, 1.54) is 22.0 Å². The van der Waals surface area contributed by atoms with Crippen LogP contribution in [0.1, 0.15) is 44.2 Å². The van der Waals surface area contributed by atoms with Gasteiger partial charge in [-0.1, -0.05) is 25.1 Å². The van der Waals surface area contributed by atoms with Gasteiger partial charge in [-0.05, 0) is 49.7 Å². The molecule has 1 aromatic carbocycles. The molecule has 1 fully saturated rings. The third kappa shape index (κ3) is 6.12. The van der Waals surface area contributed by atoms with Gasteiger partial charge < -0.3 is 20.5 Å². The van der Waals surface area contributed by atoms with Crippen molar-refractivity contribution in [1.29, 1.82) is 0 Å². The van der Waals surface area contributed by atoms with Crippen molar-refractivity contribution in [3.8, 4) is 0 Å². The first-order valence-electron chi connectivity index (χ1n) is 11.0. The smallest absolute Gasteiger partial charge is 0.220 e. The number of aromatic nitrogens is 1. The molecule has 2 aromatic rings. The van der Waals surface area contributed by atoms with Crippen LogP contribution in [0.2, 0.25) is 0 Å². The van der Waals surface area contributed by atoms with Crippen molar-refractivity contribution in [1.82, 2.24) is 20.5 Å². The predicted molar refractivity (Wildman–Crippen MR) is 136 cm³/mol. The number of aromatic amines is 1. The summed E-state index contributed by atoms with van der Waals surface area (Å²) in [6, 6.07) is 6.54. The number of carbonyl (C=O) groups is 1. The molecule has 1 amide bonds. The molecular weight excluding hydrogens is 489 g/mol. The number of nitrogens with zero attached hydrogens (tertiary/aromatic N) is 2. The summed E-state index contributed by atoms with van der Waals surface area (Å²) in [7, 11) is 1.71. The summed E-state index contributed by atoms with van der Waals surface area (Å²) in [5, 5.41) is 7.50. The molecular formula is C23H36IN5O. The van der Waals surface area contributed by atoms with E-state index in [1.54, 1.807) is 7.05 Å². The molecule has 30 heavy (non-hydrogen) atoms. The first-order valence-corrected chi connectivity index (χ1v) is 11.0. The fraction of sp³-hybridized carbons (Fsp3) is 0.565. The number of amides is 1. The Kier molecular flexibility index (Phi) is 9.94. The van der Waals surface area contributed by atoms with Crippen LogP contribution in [-0.4, -0.2) is 55.0 Å². The summed E-state index contributed by atoms with van der Waals surface area (Å²) in [4.78, 5) is 22.3. The number of carbonyl (C=O) groups excluding carboxylic acids is 1. The lowest BCUT2D eigenvalue weighted by atomic mass is 9.93. The molecule has 1 saturated heterocycles. The van der Waals surface area contributed by atoms with Crippen LogP contribution >= 0.6 is 24.0 Å². The number of H-pyrrole nitrogens is 1. The normalized spacial score (nSPS) is 15.2. The van der Waals surface area contributed by atoms with Gasteiger partial charge in [0.15, 0.2) is 5.96 Å². The van der Waals surface area contributed by atoms with Crippen molar-refractivity contribution in [3.63, 3.8) is 0 Å². The molecule has 1 aliphatic heterocycles. The van der Waals surface area contributed by atoms with Crippen molar-refractivity contribution in [3.05, 3.63) is 35.5 Å². The summed E-state index contributed by atoms with van der Waals surface area (Å²) in [6.07, 6.45) is 6.82. The molecule has 3 N–H and O–H groups in total. The van der Waals surface area contributed by atoms with E-state index in [1.807, 2.05) is 0 Å². The number of benzene rings is 1. The van der Waals surface area contributed by atoms with Gasteiger partial charge in [-0.25, -0.2) is 0 Å². The van der Waals surface area contributed by atoms with Crippen molar-refractivity contribution < 1.29 is 4.79 Å². The molecule has 7 heteroatoms. The second-order valence-electron chi connectivity index (χ2n) is 7.80. The maximum absolute atomic E-state index is 11.6. The topological polar surface area (TPSA) is 72.5 Å². The highest BCUT2D eigenvalue weighted by Crippen LogP contribution is 2.23. The maximum Gasteiger partial charge on any atom is 0.220 e. The molecule has 0 radical (unpaired) electrons. The molecule has 166 valence electrons. The molecule has 2 heterocycles. The highest BCUT2D eigenvalue weighted by atomic mass is 127. The van der Waals surface area contributed by atoms with Crippen LogP contribution in [0.3, 0.4) is 0 Å². The number of hydrogen-bond acceptors (Lipinski definition) is 2. The molecule has 6 nitrogen and oxygen atoms in total. The number of hydrogen-bond donors (Lipinski definition) is 3. The number of halogens is 1. The van der Waals surface area contributed by atoms with Gasteiger partial charge in [0.1, 0.15) is 0 Å². The van der Waals surface area contributed by atoms with Crippen molar-refractivity contribution >= 4 is 46.7 Å². The number of likely N-dealkylation sites (tertiary alicyclic amines) is 1. The second kappa shape index (κ2) is 12.2. The summed E-state index contributed by atoms with van der Waals surface area (Å²) >= 11 is 0. The number of nitrogens with one attached hydrogen (secondary N) is 3. The minimum absolute atomic E-state index is 0. The number of guanidine groups is 1. The lowest BCUT2D eigenvalue weighted by molar-refractivity contribution is -0.121. The van der Waals surface area contributed by atoms with E-state index in [-0.39, 0.29) is 29.9 Å². The first kappa shape index (κ1) is 24.5. The SMILES string of the molecule is CCNC(=NCCc1c[nH]c2c(CC)cccc12)N1CCC(CC(=O)NC)CC1.I. The Bertz CT molecular complexity index is 839. The van der Waals surface area contributed by atoms with Crippen LogP contribution < -0.4 is 10.6 Å². The van der Waals surface area contributed by atoms with Crippen LogP contribution in [0, 0.1) is 5.92 Å². The zero-order valence-corrected chi connectivity index (χ0v) is 20.8. The van der Waals surface area contributed by atoms with Crippen LogP contribution in [0.25, 0.3) is 10.9 Å². The number of piperidine rings is 1. The maximum atomic E-state index is 11.6. The molecule has 1 aromatic heterocycles. The minimum Gasteiger partial charge on any atom is -0.361 e. The Balaban J connectivity index is 0.00000320. The first-order chi connectivity index (χ1) is 14.2. The number of para-hydroxylation sites is 1. The standard InChI is InChI=1S/C23H35N5O.HI/c1-4-18-7-6-8-20-19(16-27-22(18)20)9-12-26-23(25-5-2)28-13-10-17(11-14-28)15-21(29)24-3;/h6-8,16-17,27H,4-5,9-15H2,1-3H3,(H,24,29)(H,25,26);1H. The van der Waals surface area contributed by atoms with Crippen LogP contribution in [-0.2, 0) is 17.6 Å². The Morgan fingerprint density at radius 2 is 2.00 bits per heavy atom. The quantitative estimate of drug-likeness (QED) is 0.293. The fourth-order valence-electron chi connectivity index (χ4n) is 4.20. The Hall–Kier alpha value is -1.77. The molecule has 0 atom stereocenters. The summed E-state index contributed by atoms with van der Waals surface area (Å²) in [5.74, 6) is 1.63. The lowest BCUT2D eigenvalue weighted by Crippen LogP contribution is -2.46. The molecule has 0 spiro atoms. The van der Waals surface area contributed by atoms with E-state index >= 15 is 0 Å². The molecule has 0 bridgehead atoms. The van der Waals surface area contributed by atoms with E-state index in [0.29, 0.717) is 12.3 Å². The van der Waals surface area contributed by atoms with E-state index in [9.17, 15) is 4.79 Å². The molecule has 0 unspecified atom stereocenters. The Morgan fingerprint density at radius 1 is 1.23 bits per heavy atom. The van der Waals surface area contributed by atoms with Gasteiger partial charge in [-0.2, -0.15) is 0 Å². The predicted octanol–water partition coefficient (Wildman–Crippen LogP) is 3.70. The third-order valence-electron chi connectivity index (χ3n) is 5.91. The molecule has 3 rings (SSSR count). The zero-order valence-electron chi connectivity index (χ0n) is 18.5. The Morgan fingerprint density at radius 3 is 2.67 bits per heavy atom. The van der Waals surface area contributed by atoms with E-state index in [0.717, 1.165) is 57.8 Å². The van der Waals surface area contributed by atoms with Gasteiger partial charge in [-0.3, -0.25) is 9.79 Å². The summed E-state index contributed by atoms with van der Waals surface area (Å²) < 4.78 is 0. The third-order valence-corrected chi connectivity index (χ3v) is 5.91. The van der Waals surface area contributed by atoms with Gasteiger partial charge in [0, 0.05) is 56.7 Å². The highest BCUT2D eigenvalue weighted by molar-refractivity contribution is 14.0. The molecule has 0 aliphatic carbocycles. The summed E-state index contributed by atoms with van der Waals surface area (Å²) in [6.45, 7) is 7.86. The van der Waals surface area contributed by atoms with Crippen LogP contribution in [0.4, 0.5) is 0 Å².